The number of nitrogens with zero attached hydrogens (tertiary/aromatic N) is 3. The smallest absolute Gasteiger partial charge is 0.317 e. The molecule has 0 amide bonds. The van der Waals surface area contributed by atoms with E-state index in [-0.39, 0.29) is 5.69 Å². The molecule has 1 saturated heterocycles. The largest absolute Gasteiger partial charge is 0.350 e. The Bertz CT molecular complexity index is 674. The lowest BCUT2D eigenvalue weighted by atomic mass is 9.94. The minimum Gasteiger partial charge on any atom is -0.317 e. The molecule has 0 atom stereocenters. The summed E-state index contributed by atoms with van der Waals surface area (Å²) in [6.07, 6.45) is 3.30. The molecule has 2 heterocycles. The van der Waals surface area contributed by atoms with E-state index >= 15 is 0 Å². The van der Waals surface area contributed by atoms with E-state index in [2.05, 4.69) is 10.4 Å². The van der Waals surface area contributed by atoms with Crippen LogP contribution in [0.2, 0.25) is 0 Å². The van der Waals surface area contributed by atoms with Crippen LogP contribution in [0.4, 0.5) is 4.39 Å². The maximum Gasteiger partial charge on any atom is 0.350 e. The number of halogens is 1. The molecule has 0 saturated carbocycles. The van der Waals surface area contributed by atoms with Crippen LogP contribution in [0.3, 0.4) is 0 Å². The van der Waals surface area contributed by atoms with Crippen molar-refractivity contribution in [2.24, 2.45) is 5.92 Å². The van der Waals surface area contributed by atoms with Crippen LogP contribution in [-0.4, -0.2) is 34.1 Å². The van der Waals surface area contributed by atoms with Crippen molar-refractivity contribution in [3.63, 3.8) is 0 Å². The zero-order chi connectivity index (χ0) is 16.1. The van der Waals surface area contributed by atoms with Crippen LogP contribution in [0, 0.1) is 5.92 Å². The van der Waals surface area contributed by atoms with Gasteiger partial charge in [-0.2, -0.15) is 5.10 Å². The topological polar surface area (TPSA) is 51.9 Å². The van der Waals surface area contributed by atoms with Gasteiger partial charge in [0.2, 0.25) is 0 Å². The van der Waals surface area contributed by atoms with Gasteiger partial charge in [0.25, 0.3) is 0 Å². The second-order valence-corrected chi connectivity index (χ2v) is 6.03. The van der Waals surface area contributed by atoms with Crippen molar-refractivity contribution in [1.29, 1.82) is 0 Å². The normalized spacial score (nSPS) is 15.9. The van der Waals surface area contributed by atoms with Crippen molar-refractivity contribution in [1.82, 2.24) is 19.7 Å². The molecule has 0 aliphatic carbocycles. The van der Waals surface area contributed by atoms with E-state index in [4.69, 9.17) is 0 Å². The molecule has 6 heteroatoms. The molecule has 0 bridgehead atoms. The first kappa shape index (κ1) is 15.9. The number of alkyl halides is 1. The van der Waals surface area contributed by atoms with Crippen molar-refractivity contribution < 1.29 is 4.39 Å². The Kier molecular flexibility index (Phi) is 5.23. The monoisotopic (exact) mass is 318 g/mol. The lowest BCUT2D eigenvalue weighted by Gasteiger charge is -2.22. The highest BCUT2D eigenvalue weighted by atomic mass is 19.1. The fourth-order valence-electron chi connectivity index (χ4n) is 3.12. The molecule has 0 radical (unpaired) electrons. The highest BCUT2D eigenvalue weighted by molar-refractivity contribution is 5.32. The summed E-state index contributed by atoms with van der Waals surface area (Å²) in [5, 5.41) is 7.85. The van der Waals surface area contributed by atoms with Gasteiger partial charge in [0.1, 0.15) is 5.82 Å². The minimum atomic E-state index is -0.436. The molecule has 1 fully saturated rings. The van der Waals surface area contributed by atoms with Crippen LogP contribution < -0.4 is 11.0 Å². The molecule has 5 nitrogen and oxygen atoms in total. The molecule has 23 heavy (non-hydrogen) atoms. The number of piperidine rings is 1. The summed E-state index contributed by atoms with van der Waals surface area (Å²) in [5.41, 5.74) is 0.654. The third-order valence-electron chi connectivity index (χ3n) is 4.35. The number of para-hydroxylation sites is 1. The minimum absolute atomic E-state index is 0.173. The highest BCUT2D eigenvalue weighted by Gasteiger charge is 2.20. The second kappa shape index (κ2) is 7.55. The summed E-state index contributed by atoms with van der Waals surface area (Å²) in [4.78, 5) is 12.7. The molecule has 0 spiro atoms. The summed E-state index contributed by atoms with van der Waals surface area (Å²) in [5.74, 6) is 1.32. The van der Waals surface area contributed by atoms with Crippen LogP contribution in [0.25, 0.3) is 5.69 Å². The number of aryl methyl sites for hydroxylation is 1. The summed E-state index contributed by atoms with van der Waals surface area (Å²) in [6.45, 7) is 1.92. The van der Waals surface area contributed by atoms with Crippen LogP contribution in [0.15, 0.2) is 35.1 Å². The zero-order valence-electron chi connectivity index (χ0n) is 13.2. The lowest BCUT2D eigenvalue weighted by molar-refractivity contribution is 0.364. The standard InChI is InChI=1S/C17H23FN4O/c18-9-4-12-21-17(23)22(15-5-2-1-3-6-15)16(20-21)13-14-7-10-19-11-8-14/h1-3,5-6,14,19H,4,7-13H2. The van der Waals surface area contributed by atoms with E-state index in [1.807, 2.05) is 30.3 Å². The van der Waals surface area contributed by atoms with Crippen molar-refractivity contribution in [2.45, 2.75) is 32.2 Å². The van der Waals surface area contributed by atoms with Crippen molar-refractivity contribution in [3.8, 4) is 5.69 Å². The van der Waals surface area contributed by atoms with E-state index in [1.165, 1.54) is 4.68 Å². The predicted octanol–water partition coefficient (Wildman–Crippen LogP) is 1.94. The second-order valence-electron chi connectivity index (χ2n) is 6.03. The number of hydrogen-bond acceptors (Lipinski definition) is 3. The van der Waals surface area contributed by atoms with Gasteiger partial charge in [0.15, 0.2) is 0 Å². The number of aromatic nitrogens is 3. The SMILES string of the molecule is O=c1n(CCCF)nc(CC2CCNCC2)n1-c1ccccc1. The molecule has 1 aliphatic rings. The Morgan fingerprint density at radius 1 is 1.22 bits per heavy atom. The summed E-state index contributed by atoms with van der Waals surface area (Å²) >= 11 is 0. The van der Waals surface area contributed by atoms with Gasteiger partial charge in [-0.05, 0) is 50.4 Å². The van der Waals surface area contributed by atoms with Crippen LogP contribution in [0.1, 0.15) is 25.1 Å². The Morgan fingerprint density at radius 3 is 2.65 bits per heavy atom. The van der Waals surface area contributed by atoms with Gasteiger partial charge >= 0.3 is 5.69 Å². The van der Waals surface area contributed by atoms with Crippen LogP contribution in [0.5, 0.6) is 0 Å². The first-order valence-corrected chi connectivity index (χ1v) is 8.30. The van der Waals surface area contributed by atoms with Gasteiger partial charge < -0.3 is 5.32 Å². The lowest BCUT2D eigenvalue weighted by Crippen LogP contribution is -2.29. The van der Waals surface area contributed by atoms with Crippen molar-refractivity contribution in [2.75, 3.05) is 19.8 Å². The van der Waals surface area contributed by atoms with Crippen molar-refractivity contribution >= 4 is 0 Å². The van der Waals surface area contributed by atoms with E-state index in [9.17, 15) is 9.18 Å². The third-order valence-corrected chi connectivity index (χ3v) is 4.35. The summed E-state index contributed by atoms with van der Waals surface area (Å²) in [7, 11) is 0. The molecule has 0 unspecified atom stereocenters. The Hall–Kier alpha value is -1.95. The number of benzene rings is 1. The summed E-state index contributed by atoms with van der Waals surface area (Å²) < 4.78 is 15.5. The first-order valence-electron chi connectivity index (χ1n) is 8.30. The number of hydrogen-bond donors (Lipinski definition) is 1. The fourth-order valence-corrected chi connectivity index (χ4v) is 3.12. The maximum atomic E-state index is 12.7. The molecular weight excluding hydrogens is 295 g/mol. The molecule has 124 valence electrons. The van der Waals surface area contributed by atoms with E-state index in [0.717, 1.165) is 43.9 Å². The van der Waals surface area contributed by atoms with Gasteiger partial charge in [0.05, 0.1) is 12.4 Å². The highest BCUT2D eigenvalue weighted by Crippen LogP contribution is 2.18. The van der Waals surface area contributed by atoms with Crippen molar-refractivity contribution in [3.05, 3.63) is 46.6 Å². The Balaban J connectivity index is 1.93. The molecule has 1 N–H and O–H groups in total. The molecule has 1 aromatic carbocycles. The third kappa shape index (κ3) is 3.69. The molecule has 2 aromatic rings. The average molecular weight is 318 g/mol. The fraction of sp³-hybridized carbons (Fsp3) is 0.529. The zero-order valence-corrected chi connectivity index (χ0v) is 13.2. The molecule has 1 aliphatic heterocycles. The van der Waals surface area contributed by atoms with Crippen LogP contribution in [-0.2, 0) is 13.0 Å². The molecule has 1 aromatic heterocycles. The van der Waals surface area contributed by atoms with Gasteiger partial charge in [-0.15, -0.1) is 0 Å². The molecular formula is C17H23FN4O. The predicted molar refractivity (Wildman–Crippen MR) is 87.7 cm³/mol. The van der Waals surface area contributed by atoms with E-state index < -0.39 is 6.67 Å². The summed E-state index contributed by atoms with van der Waals surface area (Å²) in [6, 6.07) is 9.57. The van der Waals surface area contributed by atoms with Crippen LogP contribution >= 0.6 is 0 Å². The van der Waals surface area contributed by atoms with E-state index in [1.54, 1.807) is 4.57 Å². The Labute approximate surface area is 135 Å². The number of nitrogens with one attached hydrogen (secondary N) is 1. The maximum absolute atomic E-state index is 12.7. The molecule has 3 rings (SSSR count). The first-order chi connectivity index (χ1) is 11.3. The van der Waals surface area contributed by atoms with Gasteiger partial charge in [0, 0.05) is 13.0 Å². The van der Waals surface area contributed by atoms with Gasteiger partial charge in [-0.25, -0.2) is 14.0 Å². The average Bonchev–Trinajstić information content (AvgIpc) is 2.90. The van der Waals surface area contributed by atoms with Gasteiger partial charge in [-0.1, -0.05) is 18.2 Å². The Morgan fingerprint density at radius 2 is 1.96 bits per heavy atom. The van der Waals surface area contributed by atoms with E-state index in [0.29, 0.717) is 18.9 Å². The number of rotatable bonds is 6. The van der Waals surface area contributed by atoms with Gasteiger partial charge in [-0.3, -0.25) is 4.39 Å². The quantitative estimate of drug-likeness (QED) is 0.885.